The average Bonchev–Trinajstić information content (AvgIpc) is 2.47. The minimum Gasteiger partial charge on any atom is -0.504 e. The number of benzene rings is 1. The summed E-state index contributed by atoms with van der Waals surface area (Å²) in [5.41, 5.74) is 3.10. The van der Waals surface area contributed by atoms with E-state index in [9.17, 15) is 9.90 Å². The van der Waals surface area contributed by atoms with Gasteiger partial charge in [-0.05, 0) is 25.0 Å². The van der Waals surface area contributed by atoms with Crippen molar-refractivity contribution in [3.63, 3.8) is 0 Å². The van der Waals surface area contributed by atoms with E-state index >= 15 is 0 Å². The molecule has 1 aliphatic carbocycles. The molecule has 0 radical (unpaired) electrons. The average molecular weight is 202 g/mol. The van der Waals surface area contributed by atoms with Crippen LogP contribution in [0.4, 0.5) is 0 Å². The highest BCUT2D eigenvalue weighted by Gasteiger charge is 2.30. The molecular formula is C13H14O2. The summed E-state index contributed by atoms with van der Waals surface area (Å²) in [6.45, 7) is 3.86. The number of aliphatic hydroxyl groups is 1. The van der Waals surface area contributed by atoms with Gasteiger partial charge in [-0.1, -0.05) is 29.8 Å². The molecule has 1 aliphatic rings. The molecule has 1 aromatic rings. The Hall–Kier alpha value is -1.57. The normalized spacial score (nSPS) is 21.2. The molecule has 0 fully saturated rings. The van der Waals surface area contributed by atoms with Crippen LogP contribution in [-0.2, 0) is 4.79 Å². The van der Waals surface area contributed by atoms with Gasteiger partial charge in [0, 0.05) is 12.3 Å². The molecule has 0 spiro atoms. The second kappa shape index (κ2) is 3.54. The highest BCUT2D eigenvalue weighted by Crippen LogP contribution is 2.35. The van der Waals surface area contributed by atoms with Gasteiger partial charge < -0.3 is 5.11 Å². The topological polar surface area (TPSA) is 37.3 Å². The SMILES string of the molecule is CC1=C(O)C(=O)C[C@@H]1c1ccc(C)cc1. The largest absolute Gasteiger partial charge is 0.504 e. The van der Waals surface area contributed by atoms with Crippen LogP contribution < -0.4 is 0 Å². The van der Waals surface area contributed by atoms with Crippen LogP contribution in [0.5, 0.6) is 0 Å². The van der Waals surface area contributed by atoms with E-state index in [4.69, 9.17) is 0 Å². The second-order valence-corrected chi connectivity index (χ2v) is 4.12. The summed E-state index contributed by atoms with van der Waals surface area (Å²) < 4.78 is 0. The van der Waals surface area contributed by atoms with Crippen molar-refractivity contribution < 1.29 is 9.90 Å². The van der Waals surface area contributed by atoms with Crippen LogP contribution in [-0.4, -0.2) is 10.9 Å². The molecule has 1 aromatic carbocycles. The van der Waals surface area contributed by atoms with Gasteiger partial charge in [0.05, 0.1) is 0 Å². The Morgan fingerprint density at radius 3 is 2.27 bits per heavy atom. The molecule has 0 bridgehead atoms. The number of hydrogen-bond donors (Lipinski definition) is 1. The fourth-order valence-electron chi connectivity index (χ4n) is 1.99. The zero-order chi connectivity index (χ0) is 11.0. The number of hydrogen-bond acceptors (Lipinski definition) is 2. The summed E-state index contributed by atoms with van der Waals surface area (Å²) in [6, 6.07) is 8.11. The van der Waals surface area contributed by atoms with Gasteiger partial charge >= 0.3 is 0 Å². The van der Waals surface area contributed by atoms with Gasteiger partial charge in [-0.25, -0.2) is 0 Å². The number of aliphatic hydroxyl groups excluding tert-OH is 1. The second-order valence-electron chi connectivity index (χ2n) is 4.12. The van der Waals surface area contributed by atoms with Crippen LogP contribution in [0, 0.1) is 6.92 Å². The van der Waals surface area contributed by atoms with Crippen molar-refractivity contribution in [2.24, 2.45) is 0 Å². The third-order valence-corrected chi connectivity index (χ3v) is 3.03. The standard InChI is InChI=1S/C13H14O2/c1-8-3-5-10(6-4-8)11-7-12(14)13(15)9(11)2/h3-6,11,15H,7H2,1-2H3/t11-/m0/s1. The molecule has 0 unspecified atom stereocenters. The number of rotatable bonds is 1. The first-order valence-corrected chi connectivity index (χ1v) is 5.09. The molecule has 0 amide bonds. The van der Waals surface area contributed by atoms with E-state index in [0.29, 0.717) is 6.42 Å². The maximum atomic E-state index is 11.3. The third kappa shape index (κ3) is 1.67. The fourth-order valence-corrected chi connectivity index (χ4v) is 1.99. The molecule has 0 aromatic heterocycles. The fraction of sp³-hybridized carbons (Fsp3) is 0.308. The predicted octanol–water partition coefficient (Wildman–Crippen LogP) is 2.88. The summed E-state index contributed by atoms with van der Waals surface area (Å²) in [5, 5.41) is 9.48. The lowest BCUT2D eigenvalue weighted by atomic mass is 9.93. The van der Waals surface area contributed by atoms with Crippen LogP contribution in [0.15, 0.2) is 35.6 Å². The number of Topliss-reactive ketones (excluding diaryl/α,β-unsaturated/α-hetero) is 1. The Morgan fingerprint density at radius 2 is 1.80 bits per heavy atom. The van der Waals surface area contributed by atoms with E-state index in [0.717, 1.165) is 11.1 Å². The predicted molar refractivity (Wildman–Crippen MR) is 58.9 cm³/mol. The highest BCUT2D eigenvalue weighted by molar-refractivity contribution is 5.97. The van der Waals surface area contributed by atoms with E-state index in [2.05, 4.69) is 0 Å². The number of allylic oxidation sites excluding steroid dienone is 2. The molecule has 78 valence electrons. The first-order chi connectivity index (χ1) is 7.09. The molecule has 0 heterocycles. The van der Waals surface area contributed by atoms with Crippen LogP contribution in [0.1, 0.15) is 30.4 Å². The van der Waals surface area contributed by atoms with Gasteiger partial charge in [0.15, 0.2) is 11.5 Å². The summed E-state index contributed by atoms with van der Waals surface area (Å²) >= 11 is 0. The van der Waals surface area contributed by atoms with Crippen molar-refractivity contribution in [1.29, 1.82) is 0 Å². The van der Waals surface area contributed by atoms with Gasteiger partial charge in [0.2, 0.25) is 0 Å². The minimum atomic E-state index is -0.141. The van der Waals surface area contributed by atoms with Crippen LogP contribution in [0.3, 0.4) is 0 Å². The van der Waals surface area contributed by atoms with E-state index < -0.39 is 0 Å². The Bertz CT molecular complexity index is 426. The molecule has 2 rings (SSSR count). The van der Waals surface area contributed by atoms with Crippen molar-refractivity contribution in [2.75, 3.05) is 0 Å². The van der Waals surface area contributed by atoms with Crippen LogP contribution in [0.2, 0.25) is 0 Å². The maximum Gasteiger partial charge on any atom is 0.197 e. The Morgan fingerprint density at radius 1 is 1.20 bits per heavy atom. The van der Waals surface area contributed by atoms with E-state index in [1.165, 1.54) is 5.56 Å². The quantitative estimate of drug-likeness (QED) is 0.760. The molecule has 0 saturated carbocycles. The highest BCUT2D eigenvalue weighted by atomic mass is 16.3. The van der Waals surface area contributed by atoms with Gasteiger partial charge in [-0.2, -0.15) is 0 Å². The zero-order valence-corrected chi connectivity index (χ0v) is 8.95. The van der Waals surface area contributed by atoms with Gasteiger partial charge in [-0.3, -0.25) is 4.79 Å². The van der Waals surface area contributed by atoms with Crippen molar-refractivity contribution in [3.8, 4) is 0 Å². The Balaban J connectivity index is 2.35. The molecular weight excluding hydrogens is 188 g/mol. The lowest BCUT2D eigenvalue weighted by Gasteiger charge is -2.10. The lowest BCUT2D eigenvalue weighted by Crippen LogP contribution is -1.98. The summed E-state index contributed by atoms with van der Waals surface area (Å²) in [7, 11) is 0. The van der Waals surface area contributed by atoms with Gasteiger partial charge in [0.25, 0.3) is 0 Å². The van der Waals surface area contributed by atoms with Crippen molar-refractivity contribution in [1.82, 2.24) is 0 Å². The summed E-state index contributed by atoms with van der Waals surface area (Å²) in [4.78, 5) is 11.3. The minimum absolute atomic E-state index is 0.0411. The number of carbonyl (C=O) groups excluding carboxylic acids is 1. The zero-order valence-electron chi connectivity index (χ0n) is 8.95. The third-order valence-electron chi connectivity index (χ3n) is 3.03. The molecule has 0 saturated heterocycles. The van der Waals surface area contributed by atoms with Crippen LogP contribution >= 0.6 is 0 Å². The number of aryl methyl sites for hydroxylation is 1. The molecule has 2 heteroatoms. The first kappa shape index (κ1) is 9.97. The molecule has 2 nitrogen and oxygen atoms in total. The molecule has 15 heavy (non-hydrogen) atoms. The van der Waals surface area contributed by atoms with E-state index in [-0.39, 0.29) is 17.5 Å². The van der Waals surface area contributed by atoms with Crippen molar-refractivity contribution in [2.45, 2.75) is 26.2 Å². The summed E-state index contributed by atoms with van der Waals surface area (Å²) in [6.07, 6.45) is 0.403. The van der Waals surface area contributed by atoms with Crippen LogP contribution in [0.25, 0.3) is 0 Å². The van der Waals surface area contributed by atoms with Crippen molar-refractivity contribution >= 4 is 5.78 Å². The molecule has 0 aliphatic heterocycles. The Kier molecular flexibility index (Phi) is 2.35. The molecule has 1 atom stereocenters. The van der Waals surface area contributed by atoms with E-state index in [1.807, 2.05) is 38.1 Å². The monoisotopic (exact) mass is 202 g/mol. The number of carbonyl (C=O) groups is 1. The Labute approximate surface area is 89.2 Å². The number of ketones is 1. The summed E-state index contributed by atoms with van der Waals surface area (Å²) in [5.74, 6) is -0.114. The van der Waals surface area contributed by atoms with Gasteiger partial charge in [0.1, 0.15) is 0 Å². The lowest BCUT2D eigenvalue weighted by molar-refractivity contribution is -0.117. The first-order valence-electron chi connectivity index (χ1n) is 5.09. The van der Waals surface area contributed by atoms with Gasteiger partial charge in [-0.15, -0.1) is 0 Å². The van der Waals surface area contributed by atoms with Crippen molar-refractivity contribution in [3.05, 3.63) is 46.7 Å². The molecule has 1 N–H and O–H groups in total. The smallest absolute Gasteiger partial charge is 0.197 e. The maximum absolute atomic E-state index is 11.3. The van der Waals surface area contributed by atoms with E-state index in [1.54, 1.807) is 0 Å².